The van der Waals surface area contributed by atoms with Crippen molar-refractivity contribution in [3.63, 3.8) is 0 Å². The van der Waals surface area contributed by atoms with Gasteiger partial charge in [0.1, 0.15) is 17.0 Å². The second-order valence-corrected chi connectivity index (χ2v) is 5.90. The molecule has 7 heteroatoms. The molecule has 0 spiro atoms. The predicted molar refractivity (Wildman–Crippen MR) is 99.2 cm³/mol. The molecule has 26 heavy (non-hydrogen) atoms. The van der Waals surface area contributed by atoms with Crippen molar-refractivity contribution in [2.45, 2.75) is 12.5 Å². The number of nitrogens with two attached hydrogens (primary N) is 1. The SMILES string of the molecule is COc1cc(NC(=O)CNC(=O)C(C)(N)c2ccccc2)cc(OC)c1. The third-order valence-electron chi connectivity index (χ3n) is 3.89. The van der Waals surface area contributed by atoms with E-state index in [1.807, 2.05) is 6.07 Å². The van der Waals surface area contributed by atoms with Crippen LogP contribution in [0.2, 0.25) is 0 Å². The number of carbonyl (C=O) groups is 2. The molecular weight excluding hydrogens is 334 g/mol. The van der Waals surface area contributed by atoms with Crippen molar-refractivity contribution in [1.82, 2.24) is 5.32 Å². The molecule has 0 aliphatic heterocycles. The second kappa shape index (κ2) is 8.35. The van der Waals surface area contributed by atoms with Crippen LogP contribution in [-0.2, 0) is 15.1 Å². The highest BCUT2D eigenvalue weighted by molar-refractivity contribution is 5.96. The van der Waals surface area contributed by atoms with E-state index in [0.717, 1.165) is 0 Å². The summed E-state index contributed by atoms with van der Waals surface area (Å²) in [6.07, 6.45) is 0. The average molecular weight is 357 g/mol. The number of ether oxygens (including phenoxy) is 2. The van der Waals surface area contributed by atoms with Crippen molar-refractivity contribution in [3.8, 4) is 11.5 Å². The lowest BCUT2D eigenvalue weighted by atomic mass is 9.92. The molecule has 138 valence electrons. The number of hydrogen-bond donors (Lipinski definition) is 3. The molecule has 0 fully saturated rings. The summed E-state index contributed by atoms with van der Waals surface area (Å²) in [7, 11) is 3.04. The van der Waals surface area contributed by atoms with E-state index in [-0.39, 0.29) is 6.54 Å². The zero-order chi connectivity index (χ0) is 19.2. The van der Waals surface area contributed by atoms with Crippen LogP contribution in [0.1, 0.15) is 12.5 Å². The molecule has 0 saturated carbocycles. The standard InChI is InChI=1S/C19H23N3O4/c1-19(20,13-7-5-4-6-8-13)18(24)21-12-17(23)22-14-9-15(25-2)11-16(10-14)26-3/h4-11H,12,20H2,1-3H3,(H,21,24)(H,22,23). The molecule has 0 heterocycles. The molecule has 0 saturated heterocycles. The molecule has 0 bridgehead atoms. The van der Waals surface area contributed by atoms with E-state index in [1.54, 1.807) is 49.4 Å². The maximum atomic E-state index is 12.4. The summed E-state index contributed by atoms with van der Waals surface area (Å²) in [5.41, 5.74) is 6.05. The van der Waals surface area contributed by atoms with Crippen LogP contribution < -0.4 is 25.8 Å². The monoisotopic (exact) mass is 357 g/mol. The van der Waals surface area contributed by atoms with Crippen LogP contribution in [-0.4, -0.2) is 32.6 Å². The zero-order valence-electron chi connectivity index (χ0n) is 15.0. The van der Waals surface area contributed by atoms with Gasteiger partial charge in [0.15, 0.2) is 0 Å². The Labute approximate surface area is 152 Å². The van der Waals surface area contributed by atoms with E-state index in [4.69, 9.17) is 15.2 Å². The first-order chi connectivity index (χ1) is 12.4. The quantitative estimate of drug-likeness (QED) is 0.699. The van der Waals surface area contributed by atoms with Crippen molar-refractivity contribution >= 4 is 17.5 Å². The van der Waals surface area contributed by atoms with Gasteiger partial charge in [0.25, 0.3) is 0 Å². The fourth-order valence-corrected chi connectivity index (χ4v) is 2.34. The van der Waals surface area contributed by atoms with E-state index >= 15 is 0 Å². The number of nitrogens with one attached hydrogen (secondary N) is 2. The molecule has 1 atom stereocenters. The van der Waals surface area contributed by atoms with E-state index < -0.39 is 17.4 Å². The van der Waals surface area contributed by atoms with Crippen molar-refractivity contribution in [3.05, 3.63) is 54.1 Å². The Morgan fingerprint density at radius 1 is 1.04 bits per heavy atom. The van der Waals surface area contributed by atoms with Gasteiger partial charge in [0.2, 0.25) is 11.8 Å². The van der Waals surface area contributed by atoms with Crippen molar-refractivity contribution < 1.29 is 19.1 Å². The van der Waals surface area contributed by atoms with Crippen LogP contribution >= 0.6 is 0 Å². The normalized spacial score (nSPS) is 12.6. The number of methoxy groups -OCH3 is 2. The summed E-state index contributed by atoms with van der Waals surface area (Å²) in [5, 5.41) is 5.24. The first kappa shape index (κ1) is 19.3. The number of benzene rings is 2. The third kappa shape index (κ3) is 4.73. The van der Waals surface area contributed by atoms with Crippen molar-refractivity contribution in [1.29, 1.82) is 0 Å². The van der Waals surface area contributed by atoms with Gasteiger partial charge in [-0.3, -0.25) is 9.59 Å². The minimum atomic E-state index is -1.24. The van der Waals surface area contributed by atoms with Crippen LogP contribution in [0.4, 0.5) is 5.69 Å². The Balaban J connectivity index is 1.97. The number of carbonyl (C=O) groups excluding carboxylic acids is 2. The van der Waals surface area contributed by atoms with Crippen LogP contribution in [0.25, 0.3) is 0 Å². The average Bonchev–Trinajstić information content (AvgIpc) is 2.66. The van der Waals surface area contributed by atoms with Gasteiger partial charge in [-0.05, 0) is 12.5 Å². The van der Waals surface area contributed by atoms with Gasteiger partial charge < -0.3 is 25.8 Å². The Bertz CT molecular complexity index is 753. The number of hydrogen-bond acceptors (Lipinski definition) is 5. The van der Waals surface area contributed by atoms with Crippen molar-refractivity contribution in [2.75, 3.05) is 26.1 Å². The molecule has 0 aromatic heterocycles. The van der Waals surface area contributed by atoms with Crippen LogP contribution in [0.15, 0.2) is 48.5 Å². The summed E-state index contributed by atoms with van der Waals surface area (Å²) in [4.78, 5) is 24.5. The topological polar surface area (TPSA) is 103 Å². The Morgan fingerprint density at radius 3 is 2.15 bits per heavy atom. The minimum Gasteiger partial charge on any atom is -0.497 e. The van der Waals surface area contributed by atoms with E-state index in [0.29, 0.717) is 22.7 Å². The summed E-state index contributed by atoms with van der Waals surface area (Å²) in [6, 6.07) is 14.0. The summed E-state index contributed by atoms with van der Waals surface area (Å²) in [5.74, 6) is 0.254. The molecule has 4 N–H and O–H groups in total. The van der Waals surface area contributed by atoms with Crippen LogP contribution in [0, 0.1) is 0 Å². The second-order valence-electron chi connectivity index (χ2n) is 5.90. The van der Waals surface area contributed by atoms with Crippen LogP contribution in [0.5, 0.6) is 11.5 Å². The van der Waals surface area contributed by atoms with Gasteiger partial charge >= 0.3 is 0 Å². The molecule has 2 amide bonds. The molecule has 2 aromatic rings. The number of anilines is 1. The maximum absolute atomic E-state index is 12.4. The summed E-state index contributed by atoms with van der Waals surface area (Å²) in [6.45, 7) is 1.39. The molecule has 0 radical (unpaired) electrons. The molecule has 2 rings (SSSR count). The van der Waals surface area contributed by atoms with Gasteiger partial charge in [0.05, 0.1) is 20.8 Å². The Morgan fingerprint density at radius 2 is 1.62 bits per heavy atom. The Hall–Kier alpha value is -3.06. The minimum absolute atomic E-state index is 0.210. The summed E-state index contributed by atoms with van der Waals surface area (Å²) >= 11 is 0. The lowest BCUT2D eigenvalue weighted by Gasteiger charge is -2.23. The molecule has 0 aliphatic carbocycles. The van der Waals surface area contributed by atoms with Gasteiger partial charge in [-0.15, -0.1) is 0 Å². The fourth-order valence-electron chi connectivity index (χ4n) is 2.34. The van der Waals surface area contributed by atoms with Crippen molar-refractivity contribution in [2.24, 2.45) is 5.73 Å². The van der Waals surface area contributed by atoms with E-state index in [1.165, 1.54) is 14.2 Å². The van der Waals surface area contributed by atoms with Gasteiger partial charge in [-0.1, -0.05) is 30.3 Å². The molecule has 7 nitrogen and oxygen atoms in total. The maximum Gasteiger partial charge on any atom is 0.244 e. The zero-order valence-corrected chi connectivity index (χ0v) is 15.0. The summed E-state index contributed by atoms with van der Waals surface area (Å²) < 4.78 is 10.3. The first-order valence-corrected chi connectivity index (χ1v) is 8.02. The third-order valence-corrected chi connectivity index (χ3v) is 3.89. The smallest absolute Gasteiger partial charge is 0.244 e. The fraction of sp³-hybridized carbons (Fsp3) is 0.263. The van der Waals surface area contributed by atoms with Crippen LogP contribution in [0.3, 0.4) is 0 Å². The highest BCUT2D eigenvalue weighted by Gasteiger charge is 2.30. The molecule has 0 aliphatic rings. The molecular formula is C19H23N3O4. The molecule has 2 aromatic carbocycles. The largest absolute Gasteiger partial charge is 0.497 e. The van der Waals surface area contributed by atoms with Gasteiger partial charge in [0, 0.05) is 23.9 Å². The van der Waals surface area contributed by atoms with Gasteiger partial charge in [-0.2, -0.15) is 0 Å². The Kier molecular flexibility index (Phi) is 6.19. The van der Waals surface area contributed by atoms with E-state index in [9.17, 15) is 9.59 Å². The number of rotatable bonds is 7. The first-order valence-electron chi connectivity index (χ1n) is 8.02. The number of amides is 2. The molecule has 1 unspecified atom stereocenters. The van der Waals surface area contributed by atoms with E-state index in [2.05, 4.69) is 10.6 Å². The lowest BCUT2D eigenvalue weighted by Crippen LogP contribution is -2.50. The predicted octanol–water partition coefficient (Wildman–Crippen LogP) is 1.63. The van der Waals surface area contributed by atoms with Gasteiger partial charge in [-0.25, -0.2) is 0 Å². The lowest BCUT2D eigenvalue weighted by molar-refractivity contribution is -0.128. The highest BCUT2D eigenvalue weighted by Crippen LogP contribution is 2.25. The highest BCUT2D eigenvalue weighted by atomic mass is 16.5.